The molecule has 0 fully saturated rings. The average molecular weight is 331 g/mol. The van der Waals surface area contributed by atoms with Crippen molar-refractivity contribution in [3.05, 3.63) is 21.3 Å². The maximum atomic E-state index is 7.75. The van der Waals surface area contributed by atoms with Gasteiger partial charge in [-0.05, 0) is 0 Å². The predicted molar refractivity (Wildman–Crippen MR) is 69.6 cm³/mol. The summed E-state index contributed by atoms with van der Waals surface area (Å²) in [5.41, 5.74) is 0. The van der Waals surface area contributed by atoms with E-state index < -0.39 is 0 Å². The van der Waals surface area contributed by atoms with E-state index in [1.54, 1.807) is 28.2 Å². The summed E-state index contributed by atoms with van der Waals surface area (Å²) in [5.74, 6) is 0. The summed E-state index contributed by atoms with van der Waals surface area (Å²) in [6, 6.07) is 0. The van der Waals surface area contributed by atoms with Gasteiger partial charge < -0.3 is 30.9 Å². The summed E-state index contributed by atoms with van der Waals surface area (Å²) >= 11 is 0. The van der Waals surface area contributed by atoms with Crippen molar-refractivity contribution < 1.29 is 29.1 Å². The van der Waals surface area contributed by atoms with Crippen LogP contribution in [0.4, 0.5) is 0 Å². The Morgan fingerprint density at radius 2 is 0.765 bits per heavy atom. The molecule has 0 radical (unpaired) electrons. The van der Waals surface area contributed by atoms with E-state index in [2.05, 4.69) is 34.8 Å². The fourth-order valence-corrected chi connectivity index (χ4v) is 0.231. The van der Waals surface area contributed by atoms with Crippen LogP contribution in [0.5, 0.6) is 0 Å². The molecule has 0 heterocycles. The van der Waals surface area contributed by atoms with E-state index >= 15 is 0 Å². The number of hydrogen-bond acceptors (Lipinski definition) is 2. The molecule has 0 spiro atoms. The molecule has 0 bridgehead atoms. The van der Waals surface area contributed by atoms with Crippen LogP contribution < -0.4 is 0 Å². The van der Waals surface area contributed by atoms with Gasteiger partial charge >= 0.3 is 19.5 Å². The van der Waals surface area contributed by atoms with Crippen LogP contribution in [-0.2, 0) is 29.1 Å². The largest absolute Gasteiger partial charge is 6.00 e. The fraction of sp³-hybridized carbons (Fsp3) is 0.800. The zero-order valence-electron chi connectivity index (χ0n) is 11.3. The third kappa shape index (κ3) is 49.4. The van der Waals surface area contributed by atoms with Crippen LogP contribution in [0.1, 0.15) is 13.8 Å². The minimum Gasteiger partial charge on any atom is -0.681 e. The molecule has 0 amide bonds. The van der Waals surface area contributed by atoms with Crippen LogP contribution in [0.15, 0.2) is 0 Å². The zero-order valence-corrected chi connectivity index (χ0v) is 13.0. The van der Waals surface area contributed by atoms with Crippen LogP contribution >= 0.6 is 0 Å². The first kappa shape index (κ1) is 30.1. The first-order chi connectivity index (χ1) is 7.62. The quantitative estimate of drug-likeness (QED) is 0.448. The van der Waals surface area contributed by atoms with Gasteiger partial charge in [0, 0.05) is 0 Å². The van der Waals surface area contributed by atoms with E-state index in [0.29, 0.717) is 0 Å². The van der Waals surface area contributed by atoms with Crippen molar-refractivity contribution in [2.45, 2.75) is 26.2 Å². The third-order valence-corrected chi connectivity index (χ3v) is 1.49. The Balaban J connectivity index is -0.0000000417. The van der Waals surface area contributed by atoms with Crippen LogP contribution in [0.25, 0.3) is 21.3 Å². The third-order valence-electron chi connectivity index (χ3n) is 1.49. The van der Waals surface area contributed by atoms with Gasteiger partial charge in [-0.2, -0.15) is 28.2 Å². The Bertz CT molecular complexity index is 92.3. The topological polar surface area (TPSA) is 90.5 Å². The molecule has 0 aliphatic heterocycles. The van der Waals surface area contributed by atoms with Crippen LogP contribution in [-0.4, -0.2) is 54.1 Å². The molecular formula is C10H22N4O2Ru. The Kier molecular flexibility index (Phi) is 63.8. The number of carbonyl (C=O) groups excluding carboxylic acids is 2. The molecule has 17 heavy (non-hydrogen) atoms. The summed E-state index contributed by atoms with van der Waals surface area (Å²) in [5, 5.41) is 15.4. The second-order valence-corrected chi connectivity index (χ2v) is 2.30. The smallest absolute Gasteiger partial charge is 0.681 e. The molecule has 0 aliphatic rings. The van der Waals surface area contributed by atoms with Gasteiger partial charge in [0.2, 0.25) is 0 Å². The predicted octanol–water partition coefficient (Wildman–Crippen LogP) is 2.13. The van der Waals surface area contributed by atoms with Crippen molar-refractivity contribution in [1.82, 2.24) is 0 Å². The average Bonchev–Trinajstić information content (AvgIpc) is 2.41. The van der Waals surface area contributed by atoms with Crippen LogP contribution in [0, 0.1) is 0 Å². The molecular weight excluding hydrogens is 309 g/mol. The molecule has 7 heteroatoms. The van der Waals surface area contributed by atoms with Gasteiger partial charge in [0.1, 0.15) is 0 Å². The van der Waals surface area contributed by atoms with Crippen LogP contribution in [0.2, 0.25) is 0 Å². The van der Waals surface area contributed by atoms with E-state index in [1.165, 1.54) is 0 Å². The van der Waals surface area contributed by atoms with Crippen molar-refractivity contribution in [1.29, 1.82) is 0 Å². The summed E-state index contributed by atoms with van der Waals surface area (Å²) < 4.78 is 0. The molecule has 6 nitrogen and oxygen atoms in total. The van der Waals surface area contributed by atoms with Crippen LogP contribution in [0.3, 0.4) is 0 Å². The minimum atomic E-state index is 0. The monoisotopic (exact) mass is 332 g/mol. The Morgan fingerprint density at radius 3 is 0.765 bits per heavy atom. The summed E-state index contributed by atoms with van der Waals surface area (Å²) in [6.07, 6.45) is 0.370. The Morgan fingerprint density at radius 1 is 0.647 bits per heavy atom. The zero-order chi connectivity index (χ0) is 14.0. The van der Waals surface area contributed by atoms with Gasteiger partial charge in [0.05, 0.1) is 0 Å². The molecule has 0 saturated heterocycles. The van der Waals surface area contributed by atoms with Crippen molar-refractivity contribution >= 4 is 13.6 Å². The Hall–Kier alpha value is -0.197. The molecule has 0 saturated carbocycles. The fourth-order valence-electron chi connectivity index (χ4n) is 0.231. The number of nitrogens with zero attached hydrogens (tertiary/aromatic N) is 4. The molecule has 0 rings (SSSR count). The molecule has 0 aliphatic carbocycles. The van der Waals surface area contributed by atoms with Crippen molar-refractivity contribution in [3.8, 4) is 0 Å². The van der Waals surface area contributed by atoms with Gasteiger partial charge in [0.15, 0.2) is 0 Å². The maximum absolute atomic E-state index is 7.75. The van der Waals surface area contributed by atoms with Gasteiger partial charge in [-0.15, -0.1) is 13.8 Å². The summed E-state index contributed by atoms with van der Waals surface area (Å²) in [6.45, 7) is 10.4. The first-order valence-corrected chi connectivity index (χ1v) is 4.45. The van der Waals surface area contributed by atoms with Gasteiger partial charge in [-0.3, -0.25) is 13.6 Å². The minimum absolute atomic E-state index is 0. The van der Waals surface area contributed by atoms with Gasteiger partial charge in [-0.25, -0.2) is 12.3 Å². The Labute approximate surface area is 118 Å². The van der Waals surface area contributed by atoms with E-state index in [9.17, 15) is 0 Å². The number of rotatable bonds is 4. The van der Waals surface area contributed by atoms with Crippen molar-refractivity contribution in [3.63, 3.8) is 0 Å². The number of hydrogen-bond donors (Lipinski definition) is 0. The first-order valence-electron chi connectivity index (χ1n) is 4.45. The van der Waals surface area contributed by atoms with E-state index in [4.69, 9.17) is 9.59 Å². The summed E-state index contributed by atoms with van der Waals surface area (Å²) in [4.78, 5) is 15.5. The normalized spacial score (nSPS) is 7.53. The second-order valence-electron chi connectivity index (χ2n) is 2.30. The molecule has 0 aromatic rings. The van der Waals surface area contributed by atoms with Crippen molar-refractivity contribution in [2.24, 2.45) is 0 Å². The maximum Gasteiger partial charge on any atom is 6.00 e. The van der Waals surface area contributed by atoms with E-state index in [-0.39, 0.29) is 31.8 Å². The summed E-state index contributed by atoms with van der Waals surface area (Å²) in [7, 11) is 7.05. The standard InChI is InChI=1S/2C4H10N2.2CHO.Ru/c2*1-4(5-2)6-3;2*1-2;/h2*4H,1-3H3;2*1H;/q2*-2;2*-1;+6. The van der Waals surface area contributed by atoms with Gasteiger partial charge in [-0.1, -0.05) is 0 Å². The molecule has 0 aromatic heterocycles. The van der Waals surface area contributed by atoms with E-state index in [1.807, 2.05) is 13.8 Å². The molecule has 0 unspecified atom stereocenters. The van der Waals surface area contributed by atoms with Gasteiger partial charge in [0.25, 0.3) is 0 Å². The molecule has 0 atom stereocenters. The second kappa shape index (κ2) is 36.0. The molecule has 102 valence electrons. The molecule has 0 aromatic carbocycles. The molecule has 0 N–H and O–H groups in total. The SMILES string of the molecule is C[N-]C(C)[N-]C.C[N-]C(C)[N-]C.[CH-]=O.[CH-]=O.[Ru+6]. The van der Waals surface area contributed by atoms with E-state index in [0.717, 1.165) is 0 Å². The van der Waals surface area contributed by atoms with Crippen molar-refractivity contribution in [2.75, 3.05) is 28.2 Å².